The molecule has 0 atom stereocenters. The van der Waals surface area contributed by atoms with Crippen molar-refractivity contribution < 1.29 is 0 Å². The number of rotatable bonds is 5. The molecule has 1 aliphatic heterocycles. The highest BCUT2D eigenvalue weighted by Gasteiger charge is 2.14. The summed E-state index contributed by atoms with van der Waals surface area (Å²) in [5.74, 6) is 1.87. The van der Waals surface area contributed by atoms with E-state index >= 15 is 0 Å². The number of guanidine groups is 1. The molecule has 3 heterocycles. The Kier molecular flexibility index (Phi) is 6.25. The molecular formula is C18H26N6S. The molecule has 0 radical (unpaired) electrons. The van der Waals surface area contributed by atoms with E-state index in [-0.39, 0.29) is 0 Å². The van der Waals surface area contributed by atoms with E-state index in [4.69, 9.17) is 0 Å². The van der Waals surface area contributed by atoms with Gasteiger partial charge >= 0.3 is 0 Å². The molecule has 0 aromatic carbocycles. The van der Waals surface area contributed by atoms with Crippen molar-refractivity contribution in [1.29, 1.82) is 0 Å². The third-order valence-electron chi connectivity index (χ3n) is 4.33. The van der Waals surface area contributed by atoms with Gasteiger partial charge in [0.1, 0.15) is 5.82 Å². The van der Waals surface area contributed by atoms with E-state index in [2.05, 4.69) is 67.1 Å². The van der Waals surface area contributed by atoms with Gasteiger partial charge in [-0.05, 0) is 30.1 Å². The topological polar surface area (TPSA) is 55.8 Å². The van der Waals surface area contributed by atoms with Gasteiger partial charge < -0.3 is 20.4 Å². The molecule has 2 aromatic rings. The quantitative estimate of drug-likeness (QED) is 0.630. The molecule has 1 saturated heterocycles. The number of likely N-dealkylation sites (N-methyl/N-ethyl adjacent to an activating group) is 1. The molecule has 6 nitrogen and oxygen atoms in total. The molecule has 1 fully saturated rings. The number of nitrogens with zero attached hydrogens (tertiary/aromatic N) is 4. The van der Waals surface area contributed by atoms with Crippen LogP contribution in [0.5, 0.6) is 0 Å². The molecule has 0 amide bonds. The largest absolute Gasteiger partial charge is 0.354 e. The van der Waals surface area contributed by atoms with Gasteiger partial charge in [0, 0.05) is 50.8 Å². The van der Waals surface area contributed by atoms with Crippen molar-refractivity contribution in [3.05, 3.63) is 46.3 Å². The summed E-state index contributed by atoms with van der Waals surface area (Å²) in [5, 5.41) is 8.75. The smallest absolute Gasteiger partial charge is 0.191 e. The first-order valence-electron chi connectivity index (χ1n) is 8.60. The van der Waals surface area contributed by atoms with Crippen LogP contribution in [0.2, 0.25) is 0 Å². The Morgan fingerprint density at radius 2 is 1.96 bits per heavy atom. The minimum Gasteiger partial charge on any atom is -0.354 e. The van der Waals surface area contributed by atoms with Crippen LogP contribution in [0.15, 0.2) is 40.8 Å². The van der Waals surface area contributed by atoms with Gasteiger partial charge in [0.05, 0.1) is 6.54 Å². The highest BCUT2D eigenvalue weighted by atomic mass is 32.1. The number of aliphatic imine (C=N–C) groups is 1. The number of hydrogen-bond donors (Lipinski definition) is 2. The molecule has 0 unspecified atom stereocenters. The van der Waals surface area contributed by atoms with Crippen LogP contribution in [0.3, 0.4) is 0 Å². The number of thiophene rings is 1. The Bertz CT molecular complexity index is 659. The van der Waals surface area contributed by atoms with Gasteiger partial charge in [-0.1, -0.05) is 12.1 Å². The third kappa shape index (κ3) is 5.17. The maximum Gasteiger partial charge on any atom is 0.191 e. The predicted octanol–water partition coefficient (Wildman–Crippen LogP) is 1.76. The second-order valence-corrected chi connectivity index (χ2v) is 7.21. The predicted molar refractivity (Wildman–Crippen MR) is 105 cm³/mol. The minimum absolute atomic E-state index is 0.708. The summed E-state index contributed by atoms with van der Waals surface area (Å²) in [6, 6.07) is 8.43. The molecule has 7 heteroatoms. The van der Waals surface area contributed by atoms with Crippen LogP contribution in [0.1, 0.15) is 10.4 Å². The van der Waals surface area contributed by atoms with Gasteiger partial charge in [-0.15, -0.1) is 11.3 Å². The standard InChI is InChI=1S/C18H26N6S/c1-19-18(22-14-16-4-3-11-25-16)21-13-15-5-6-17(20-12-15)24-9-7-23(2)8-10-24/h3-6,11-12H,7-10,13-14H2,1-2H3,(H2,19,21,22). The van der Waals surface area contributed by atoms with Crippen molar-refractivity contribution in [3.8, 4) is 0 Å². The first-order valence-corrected chi connectivity index (χ1v) is 9.48. The average Bonchev–Trinajstić information content (AvgIpc) is 3.17. The SMILES string of the molecule is CN=C(NCc1ccc(N2CCN(C)CC2)nc1)NCc1cccs1. The van der Waals surface area contributed by atoms with E-state index in [0.717, 1.165) is 50.1 Å². The zero-order chi connectivity index (χ0) is 17.5. The lowest BCUT2D eigenvalue weighted by atomic mass is 10.2. The van der Waals surface area contributed by atoms with Crippen LogP contribution in [0, 0.1) is 0 Å². The van der Waals surface area contributed by atoms with Crippen molar-refractivity contribution >= 4 is 23.1 Å². The average molecular weight is 359 g/mol. The molecule has 2 N–H and O–H groups in total. The van der Waals surface area contributed by atoms with Crippen LogP contribution in [0.25, 0.3) is 0 Å². The summed E-state index contributed by atoms with van der Waals surface area (Å²) in [6.45, 7) is 5.77. The van der Waals surface area contributed by atoms with Crippen LogP contribution >= 0.6 is 11.3 Å². The molecule has 2 aromatic heterocycles. The van der Waals surface area contributed by atoms with Gasteiger partial charge in [0.15, 0.2) is 5.96 Å². The lowest BCUT2D eigenvalue weighted by Gasteiger charge is -2.33. The number of aromatic nitrogens is 1. The maximum atomic E-state index is 4.63. The van der Waals surface area contributed by atoms with Gasteiger partial charge in [0.25, 0.3) is 0 Å². The number of anilines is 1. The number of nitrogens with one attached hydrogen (secondary N) is 2. The van der Waals surface area contributed by atoms with Crippen molar-refractivity contribution in [2.45, 2.75) is 13.1 Å². The Morgan fingerprint density at radius 3 is 2.60 bits per heavy atom. The van der Waals surface area contributed by atoms with Crippen molar-refractivity contribution in [2.75, 3.05) is 45.2 Å². The van der Waals surface area contributed by atoms with Crippen LogP contribution in [0.4, 0.5) is 5.82 Å². The Labute approximate surface area is 153 Å². The van der Waals surface area contributed by atoms with Crippen molar-refractivity contribution in [1.82, 2.24) is 20.5 Å². The molecule has 3 rings (SSSR count). The zero-order valence-electron chi connectivity index (χ0n) is 14.9. The fourth-order valence-electron chi connectivity index (χ4n) is 2.73. The summed E-state index contributed by atoms with van der Waals surface area (Å²) in [5.41, 5.74) is 1.15. The Balaban J connectivity index is 1.47. The van der Waals surface area contributed by atoms with Gasteiger partial charge in [-0.25, -0.2) is 4.98 Å². The lowest BCUT2D eigenvalue weighted by molar-refractivity contribution is 0.312. The lowest BCUT2D eigenvalue weighted by Crippen LogP contribution is -2.44. The highest BCUT2D eigenvalue weighted by Crippen LogP contribution is 2.13. The zero-order valence-corrected chi connectivity index (χ0v) is 15.7. The van der Waals surface area contributed by atoms with E-state index in [1.165, 1.54) is 4.88 Å². The second-order valence-electron chi connectivity index (χ2n) is 6.17. The number of pyridine rings is 1. The summed E-state index contributed by atoms with van der Waals surface area (Å²) in [6.07, 6.45) is 1.95. The number of hydrogen-bond acceptors (Lipinski definition) is 5. The third-order valence-corrected chi connectivity index (χ3v) is 5.21. The molecule has 0 bridgehead atoms. The highest BCUT2D eigenvalue weighted by molar-refractivity contribution is 7.09. The van der Waals surface area contributed by atoms with E-state index in [1.807, 2.05) is 6.20 Å². The monoisotopic (exact) mass is 358 g/mol. The van der Waals surface area contributed by atoms with Crippen LogP contribution < -0.4 is 15.5 Å². The molecule has 0 spiro atoms. The van der Waals surface area contributed by atoms with Gasteiger partial charge in [-0.3, -0.25) is 4.99 Å². The van der Waals surface area contributed by atoms with E-state index < -0.39 is 0 Å². The summed E-state index contributed by atoms with van der Waals surface area (Å²) in [4.78, 5) is 14.9. The van der Waals surface area contributed by atoms with E-state index in [0.29, 0.717) is 6.54 Å². The maximum absolute atomic E-state index is 4.63. The first kappa shape index (κ1) is 17.7. The summed E-state index contributed by atoms with van der Waals surface area (Å²) >= 11 is 1.74. The Morgan fingerprint density at radius 1 is 1.16 bits per heavy atom. The fourth-order valence-corrected chi connectivity index (χ4v) is 3.38. The minimum atomic E-state index is 0.708. The molecular weight excluding hydrogens is 332 g/mol. The Hall–Kier alpha value is -2.12. The van der Waals surface area contributed by atoms with E-state index in [9.17, 15) is 0 Å². The second kappa shape index (κ2) is 8.82. The normalized spacial score (nSPS) is 16.1. The molecule has 0 saturated carbocycles. The molecule has 0 aliphatic carbocycles. The van der Waals surface area contributed by atoms with Gasteiger partial charge in [0.2, 0.25) is 0 Å². The van der Waals surface area contributed by atoms with Crippen LogP contribution in [-0.2, 0) is 13.1 Å². The van der Waals surface area contributed by atoms with Gasteiger partial charge in [-0.2, -0.15) is 0 Å². The van der Waals surface area contributed by atoms with E-state index in [1.54, 1.807) is 18.4 Å². The number of piperazine rings is 1. The summed E-state index contributed by atoms with van der Waals surface area (Å²) in [7, 11) is 3.96. The molecule has 25 heavy (non-hydrogen) atoms. The first-order chi connectivity index (χ1) is 12.2. The van der Waals surface area contributed by atoms with Crippen LogP contribution in [-0.4, -0.2) is 56.1 Å². The van der Waals surface area contributed by atoms with Crippen molar-refractivity contribution in [3.63, 3.8) is 0 Å². The van der Waals surface area contributed by atoms with Crippen molar-refractivity contribution in [2.24, 2.45) is 4.99 Å². The molecule has 134 valence electrons. The summed E-state index contributed by atoms with van der Waals surface area (Å²) < 4.78 is 0. The molecule has 1 aliphatic rings. The fraction of sp³-hybridized carbons (Fsp3) is 0.444.